The standard InChI is InChI=1S/C15H24BrN/c1-11(2)15-7-5-14(6-8-15)10-17-13(4)9-12(3)16/h5-8,11-13,17H,9-10H2,1-4H3. The van der Waals surface area contributed by atoms with Crippen LogP contribution < -0.4 is 5.32 Å². The Kier molecular flexibility index (Phi) is 6.21. The fourth-order valence-electron chi connectivity index (χ4n) is 1.88. The van der Waals surface area contributed by atoms with Crippen LogP contribution in [0.2, 0.25) is 0 Å². The van der Waals surface area contributed by atoms with E-state index in [1.807, 2.05) is 0 Å². The summed E-state index contributed by atoms with van der Waals surface area (Å²) in [5.41, 5.74) is 2.78. The molecule has 0 aliphatic heterocycles. The summed E-state index contributed by atoms with van der Waals surface area (Å²) in [6.45, 7) is 9.84. The van der Waals surface area contributed by atoms with Crippen molar-refractivity contribution < 1.29 is 0 Å². The van der Waals surface area contributed by atoms with E-state index in [9.17, 15) is 0 Å². The maximum Gasteiger partial charge on any atom is 0.0207 e. The fourth-order valence-corrected chi connectivity index (χ4v) is 2.44. The first-order chi connectivity index (χ1) is 7.99. The van der Waals surface area contributed by atoms with Crippen molar-refractivity contribution in [2.75, 3.05) is 0 Å². The van der Waals surface area contributed by atoms with Gasteiger partial charge in [0.1, 0.15) is 0 Å². The van der Waals surface area contributed by atoms with Gasteiger partial charge in [0.2, 0.25) is 0 Å². The zero-order valence-corrected chi connectivity index (χ0v) is 12.9. The molecule has 1 aromatic carbocycles. The van der Waals surface area contributed by atoms with Gasteiger partial charge in [0.05, 0.1) is 0 Å². The Hall–Kier alpha value is -0.340. The molecular formula is C15H24BrN. The van der Waals surface area contributed by atoms with Crippen molar-refractivity contribution in [3.05, 3.63) is 35.4 Å². The van der Waals surface area contributed by atoms with Crippen LogP contribution >= 0.6 is 15.9 Å². The van der Waals surface area contributed by atoms with E-state index >= 15 is 0 Å². The van der Waals surface area contributed by atoms with Gasteiger partial charge in [0.25, 0.3) is 0 Å². The molecule has 0 aromatic heterocycles. The minimum Gasteiger partial charge on any atom is -0.310 e. The van der Waals surface area contributed by atoms with Gasteiger partial charge in [-0.25, -0.2) is 0 Å². The van der Waals surface area contributed by atoms with E-state index in [0.29, 0.717) is 16.8 Å². The van der Waals surface area contributed by atoms with Crippen molar-refractivity contribution in [1.29, 1.82) is 0 Å². The van der Waals surface area contributed by atoms with Gasteiger partial charge < -0.3 is 5.32 Å². The Labute approximate surface area is 114 Å². The Bertz CT molecular complexity index is 316. The molecule has 2 atom stereocenters. The van der Waals surface area contributed by atoms with Crippen LogP contribution in [-0.4, -0.2) is 10.9 Å². The zero-order valence-electron chi connectivity index (χ0n) is 11.3. The molecule has 17 heavy (non-hydrogen) atoms. The molecule has 2 unspecified atom stereocenters. The summed E-state index contributed by atoms with van der Waals surface area (Å²) in [4.78, 5) is 0.577. The highest BCUT2D eigenvalue weighted by Crippen LogP contribution is 2.15. The summed E-state index contributed by atoms with van der Waals surface area (Å²) >= 11 is 3.59. The van der Waals surface area contributed by atoms with Crippen molar-refractivity contribution in [2.24, 2.45) is 0 Å². The van der Waals surface area contributed by atoms with Gasteiger partial charge in [-0.15, -0.1) is 0 Å². The van der Waals surface area contributed by atoms with Crippen LogP contribution in [0, 0.1) is 0 Å². The van der Waals surface area contributed by atoms with Crippen molar-refractivity contribution in [1.82, 2.24) is 5.32 Å². The van der Waals surface area contributed by atoms with E-state index in [1.54, 1.807) is 0 Å². The molecule has 96 valence electrons. The predicted octanol–water partition coefficient (Wildman–Crippen LogP) is 4.46. The Morgan fingerprint density at radius 3 is 2.12 bits per heavy atom. The zero-order chi connectivity index (χ0) is 12.8. The van der Waals surface area contributed by atoms with Crippen LogP contribution in [0.25, 0.3) is 0 Å². The first-order valence-corrected chi connectivity index (χ1v) is 7.37. The molecule has 0 heterocycles. The van der Waals surface area contributed by atoms with Crippen LogP contribution in [0.4, 0.5) is 0 Å². The number of alkyl halides is 1. The first-order valence-electron chi connectivity index (χ1n) is 6.45. The molecule has 0 fully saturated rings. The lowest BCUT2D eigenvalue weighted by Crippen LogP contribution is -2.27. The highest BCUT2D eigenvalue weighted by atomic mass is 79.9. The van der Waals surface area contributed by atoms with Crippen molar-refractivity contribution in [3.8, 4) is 0 Å². The number of rotatable bonds is 6. The van der Waals surface area contributed by atoms with E-state index in [2.05, 4.69) is 73.2 Å². The largest absolute Gasteiger partial charge is 0.310 e. The fraction of sp³-hybridized carbons (Fsp3) is 0.600. The quantitative estimate of drug-likeness (QED) is 0.764. The Morgan fingerprint density at radius 1 is 1.06 bits per heavy atom. The van der Waals surface area contributed by atoms with Gasteiger partial charge in [0.15, 0.2) is 0 Å². The molecule has 0 bridgehead atoms. The smallest absolute Gasteiger partial charge is 0.0207 e. The van der Waals surface area contributed by atoms with E-state index < -0.39 is 0 Å². The molecule has 1 N–H and O–H groups in total. The molecule has 0 aliphatic rings. The lowest BCUT2D eigenvalue weighted by atomic mass is 10.0. The van der Waals surface area contributed by atoms with Crippen LogP contribution in [0.5, 0.6) is 0 Å². The lowest BCUT2D eigenvalue weighted by Gasteiger charge is -2.15. The molecule has 0 radical (unpaired) electrons. The molecule has 0 amide bonds. The summed E-state index contributed by atoms with van der Waals surface area (Å²) in [5.74, 6) is 0.616. The first kappa shape index (κ1) is 14.7. The van der Waals surface area contributed by atoms with Gasteiger partial charge in [0, 0.05) is 17.4 Å². The molecule has 0 aliphatic carbocycles. The molecule has 1 nitrogen and oxygen atoms in total. The van der Waals surface area contributed by atoms with E-state index in [-0.39, 0.29) is 0 Å². The number of nitrogens with one attached hydrogen (secondary N) is 1. The Morgan fingerprint density at radius 2 is 1.65 bits per heavy atom. The third-order valence-electron chi connectivity index (χ3n) is 2.98. The van der Waals surface area contributed by atoms with Crippen LogP contribution in [0.15, 0.2) is 24.3 Å². The monoisotopic (exact) mass is 297 g/mol. The topological polar surface area (TPSA) is 12.0 Å². The van der Waals surface area contributed by atoms with Crippen molar-refractivity contribution in [3.63, 3.8) is 0 Å². The number of benzene rings is 1. The average Bonchev–Trinajstić information content (AvgIpc) is 2.26. The van der Waals surface area contributed by atoms with Crippen LogP contribution in [0.3, 0.4) is 0 Å². The summed E-state index contributed by atoms with van der Waals surface area (Å²) in [6.07, 6.45) is 1.16. The molecule has 1 rings (SSSR count). The van der Waals surface area contributed by atoms with Gasteiger partial charge >= 0.3 is 0 Å². The molecule has 1 aromatic rings. The minimum atomic E-state index is 0.550. The van der Waals surface area contributed by atoms with Gasteiger partial charge in [-0.05, 0) is 30.4 Å². The summed E-state index contributed by atoms with van der Waals surface area (Å²) in [6, 6.07) is 9.48. The lowest BCUT2D eigenvalue weighted by molar-refractivity contribution is 0.515. The highest BCUT2D eigenvalue weighted by molar-refractivity contribution is 9.09. The van der Waals surface area contributed by atoms with Gasteiger partial charge in [-0.1, -0.05) is 61.0 Å². The molecule has 0 saturated heterocycles. The predicted molar refractivity (Wildman–Crippen MR) is 79.8 cm³/mol. The van der Waals surface area contributed by atoms with Crippen LogP contribution in [-0.2, 0) is 6.54 Å². The molecule has 0 spiro atoms. The normalized spacial score (nSPS) is 14.9. The van der Waals surface area contributed by atoms with Gasteiger partial charge in [-0.2, -0.15) is 0 Å². The van der Waals surface area contributed by atoms with Crippen LogP contribution in [0.1, 0.15) is 51.2 Å². The van der Waals surface area contributed by atoms with Gasteiger partial charge in [-0.3, -0.25) is 0 Å². The molecular weight excluding hydrogens is 274 g/mol. The second kappa shape index (κ2) is 7.17. The van der Waals surface area contributed by atoms with E-state index in [4.69, 9.17) is 0 Å². The second-order valence-electron chi connectivity index (χ2n) is 5.19. The van der Waals surface area contributed by atoms with Crippen molar-refractivity contribution in [2.45, 2.75) is 57.4 Å². The summed E-state index contributed by atoms with van der Waals surface area (Å²) < 4.78 is 0. The number of hydrogen-bond donors (Lipinski definition) is 1. The SMILES string of the molecule is CC(Br)CC(C)NCc1ccc(C(C)C)cc1. The van der Waals surface area contributed by atoms with E-state index in [0.717, 1.165) is 13.0 Å². The molecule has 0 saturated carbocycles. The molecule has 2 heteroatoms. The maximum absolute atomic E-state index is 3.59. The average molecular weight is 298 g/mol. The minimum absolute atomic E-state index is 0.550. The third-order valence-corrected chi connectivity index (χ3v) is 3.35. The van der Waals surface area contributed by atoms with Crippen molar-refractivity contribution >= 4 is 15.9 Å². The Balaban J connectivity index is 2.42. The van der Waals surface area contributed by atoms with E-state index in [1.165, 1.54) is 11.1 Å². The maximum atomic E-state index is 3.59. The number of hydrogen-bond acceptors (Lipinski definition) is 1. The summed E-state index contributed by atoms with van der Waals surface area (Å²) in [7, 11) is 0. The second-order valence-corrected chi connectivity index (χ2v) is 6.76. The number of halogens is 1. The summed E-state index contributed by atoms with van der Waals surface area (Å²) in [5, 5.41) is 3.55. The highest BCUT2D eigenvalue weighted by Gasteiger charge is 2.05. The third kappa shape index (κ3) is 5.69.